The number of pyridine rings is 1. The minimum atomic E-state index is 0.279. The lowest BCUT2D eigenvalue weighted by Crippen LogP contribution is -2.05. The van der Waals surface area contributed by atoms with Crippen molar-refractivity contribution < 1.29 is 4.74 Å². The first-order chi connectivity index (χ1) is 13.4. The van der Waals surface area contributed by atoms with Gasteiger partial charge in [-0.05, 0) is 53.4 Å². The zero-order valence-electron chi connectivity index (χ0n) is 15.0. The SMILES string of the molecule is c1ccc(Oc2ccc(C(Cc3cccnc3)c3ccccc3)cc2)cc1. The highest BCUT2D eigenvalue weighted by atomic mass is 16.5. The van der Waals surface area contributed by atoms with Gasteiger partial charge in [0, 0.05) is 18.3 Å². The van der Waals surface area contributed by atoms with Crippen LogP contribution in [0.25, 0.3) is 0 Å². The fourth-order valence-electron chi connectivity index (χ4n) is 3.26. The molecule has 0 amide bonds. The molecule has 2 heteroatoms. The maximum atomic E-state index is 5.93. The molecule has 0 radical (unpaired) electrons. The standard InChI is InChI=1S/C25H21NO/c1-3-9-21(10-4-1)25(18-20-8-7-17-26-19-20)22-13-15-24(16-14-22)27-23-11-5-2-6-12-23/h1-17,19,25H,18H2. The molecule has 0 N–H and O–H groups in total. The summed E-state index contributed by atoms with van der Waals surface area (Å²) in [4.78, 5) is 4.27. The van der Waals surface area contributed by atoms with Gasteiger partial charge in [-0.3, -0.25) is 4.98 Å². The van der Waals surface area contributed by atoms with Crippen LogP contribution < -0.4 is 4.74 Å². The number of ether oxygens (including phenoxy) is 1. The highest BCUT2D eigenvalue weighted by Crippen LogP contribution is 2.30. The topological polar surface area (TPSA) is 22.1 Å². The molecule has 1 unspecified atom stereocenters. The van der Waals surface area contributed by atoms with E-state index in [2.05, 4.69) is 53.5 Å². The highest BCUT2D eigenvalue weighted by molar-refractivity contribution is 5.39. The van der Waals surface area contributed by atoms with Gasteiger partial charge in [-0.2, -0.15) is 0 Å². The van der Waals surface area contributed by atoms with Gasteiger partial charge in [0.1, 0.15) is 11.5 Å². The van der Waals surface area contributed by atoms with Crippen molar-refractivity contribution in [1.29, 1.82) is 0 Å². The average Bonchev–Trinajstić information content (AvgIpc) is 2.75. The van der Waals surface area contributed by atoms with E-state index in [0.29, 0.717) is 0 Å². The van der Waals surface area contributed by atoms with Crippen LogP contribution in [-0.4, -0.2) is 4.98 Å². The Hall–Kier alpha value is -3.39. The quantitative estimate of drug-likeness (QED) is 0.410. The maximum absolute atomic E-state index is 5.93. The molecule has 27 heavy (non-hydrogen) atoms. The second kappa shape index (κ2) is 8.33. The molecule has 1 atom stereocenters. The molecule has 4 aromatic rings. The summed E-state index contributed by atoms with van der Waals surface area (Å²) in [6.45, 7) is 0. The number of rotatable bonds is 6. The summed E-state index contributed by atoms with van der Waals surface area (Å²) in [5.41, 5.74) is 3.81. The number of nitrogens with zero attached hydrogens (tertiary/aromatic N) is 1. The molecule has 4 rings (SSSR count). The van der Waals surface area contributed by atoms with Crippen LogP contribution in [0.5, 0.6) is 11.5 Å². The number of hydrogen-bond acceptors (Lipinski definition) is 2. The monoisotopic (exact) mass is 351 g/mol. The Kier molecular flexibility index (Phi) is 5.26. The van der Waals surface area contributed by atoms with Crippen LogP contribution in [-0.2, 0) is 6.42 Å². The van der Waals surface area contributed by atoms with Crippen LogP contribution in [0.3, 0.4) is 0 Å². The van der Waals surface area contributed by atoms with Crippen LogP contribution in [0, 0.1) is 0 Å². The third-order valence-corrected chi connectivity index (χ3v) is 4.63. The minimum absolute atomic E-state index is 0.279. The minimum Gasteiger partial charge on any atom is -0.457 e. The molecule has 0 saturated heterocycles. The molecular weight excluding hydrogens is 330 g/mol. The van der Waals surface area contributed by atoms with Gasteiger partial charge in [-0.1, -0.05) is 66.7 Å². The van der Waals surface area contributed by atoms with Crippen LogP contribution in [0.4, 0.5) is 0 Å². The van der Waals surface area contributed by atoms with Crippen LogP contribution in [0.15, 0.2) is 109 Å². The fourth-order valence-corrected chi connectivity index (χ4v) is 3.26. The second-order valence-electron chi connectivity index (χ2n) is 6.51. The zero-order chi connectivity index (χ0) is 18.3. The van der Waals surface area contributed by atoms with Crippen molar-refractivity contribution in [1.82, 2.24) is 4.98 Å². The van der Waals surface area contributed by atoms with E-state index in [0.717, 1.165) is 17.9 Å². The molecule has 0 saturated carbocycles. The molecule has 1 aromatic heterocycles. The molecule has 0 fully saturated rings. The Bertz CT molecular complexity index is 951. The molecule has 2 nitrogen and oxygen atoms in total. The van der Waals surface area contributed by atoms with E-state index in [9.17, 15) is 0 Å². The van der Waals surface area contributed by atoms with Gasteiger partial charge >= 0.3 is 0 Å². The van der Waals surface area contributed by atoms with Gasteiger partial charge in [0.25, 0.3) is 0 Å². The second-order valence-corrected chi connectivity index (χ2v) is 6.51. The zero-order valence-corrected chi connectivity index (χ0v) is 15.0. The molecule has 3 aromatic carbocycles. The van der Waals surface area contributed by atoms with Crippen molar-refractivity contribution in [3.63, 3.8) is 0 Å². The van der Waals surface area contributed by atoms with E-state index in [1.54, 1.807) is 0 Å². The third kappa shape index (κ3) is 4.42. The summed E-state index contributed by atoms with van der Waals surface area (Å²) in [6.07, 6.45) is 4.68. The third-order valence-electron chi connectivity index (χ3n) is 4.63. The van der Waals surface area contributed by atoms with Gasteiger partial charge in [0.15, 0.2) is 0 Å². The predicted molar refractivity (Wildman–Crippen MR) is 109 cm³/mol. The van der Waals surface area contributed by atoms with Gasteiger partial charge in [-0.25, -0.2) is 0 Å². The summed E-state index contributed by atoms with van der Waals surface area (Å²) in [7, 11) is 0. The van der Waals surface area contributed by atoms with Crippen LogP contribution in [0.1, 0.15) is 22.6 Å². The van der Waals surface area contributed by atoms with Crippen molar-refractivity contribution in [2.24, 2.45) is 0 Å². The van der Waals surface area contributed by atoms with Crippen molar-refractivity contribution in [2.45, 2.75) is 12.3 Å². The van der Waals surface area contributed by atoms with Crippen molar-refractivity contribution >= 4 is 0 Å². The number of benzene rings is 3. The van der Waals surface area contributed by atoms with Crippen molar-refractivity contribution in [3.05, 3.63) is 126 Å². The Balaban J connectivity index is 1.60. The number of hydrogen-bond donors (Lipinski definition) is 0. The summed E-state index contributed by atoms with van der Waals surface area (Å²) >= 11 is 0. The first-order valence-electron chi connectivity index (χ1n) is 9.15. The Morgan fingerprint density at radius 3 is 1.93 bits per heavy atom. The van der Waals surface area contributed by atoms with Crippen LogP contribution >= 0.6 is 0 Å². The van der Waals surface area contributed by atoms with Gasteiger partial charge in [0.05, 0.1) is 0 Å². The lowest BCUT2D eigenvalue weighted by Gasteiger charge is -2.18. The fraction of sp³-hybridized carbons (Fsp3) is 0.0800. The smallest absolute Gasteiger partial charge is 0.127 e. The Morgan fingerprint density at radius 1 is 0.630 bits per heavy atom. The molecular formula is C25H21NO. The number of aromatic nitrogens is 1. The maximum Gasteiger partial charge on any atom is 0.127 e. The molecule has 0 spiro atoms. The lowest BCUT2D eigenvalue weighted by atomic mass is 9.86. The van der Waals surface area contributed by atoms with Crippen molar-refractivity contribution in [3.8, 4) is 11.5 Å². The summed E-state index contributed by atoms with van der Waals surface area (Å²) in [6, 6.07) is 33.0. The molecule has 0 bridgehead atoms. The van der Waals surface area contributed by atoms with E-state index in [1.807, 2.05) is 60.9 Å². The van der Waals surface area contributed by atoms with E-state index >= 15 is 0 Å². The molecule has 0 aliphatic rings. The highest BCUT2D eigenvalue weighted by Gasteiger charge is 2.15. The van der Waals surface area contributed by atoms with Gasteiger partial charge < -0.3 is 4.74 Å². The summed E-state index contributed by atoms with van der Waals surface area (Å²) in [5.74, 6) is 1.97. The molecule has 1 heterocycles. The summed E-state index contributed by atoms with van der Waals surface area (Å²) < 4.78 is 5.93. The Labute approximate surface area is 160 Å². The predicted octanol–water partition coefficient (Wildman–Crippen LogP) is 6.25. The van der Waals surface area contributed by atoms with Gasteiger partial charge in [-0.15, -0.1) is 0 Å². The van der Waals surface area contributed by atoms with E-state index in [4.69, 9.17) is 4.74 Å². The molecule has 0 aliphatic carbocycles. The van der Waals surface area contributed by atoms with Crippen LogP contribution in [0.2, 0.25) is 0 Å². The first-order valence-corrected chi connectivity index (χ1v) is 9.15. The lowest BCUT2D eigenvalue weighted by molar-refractivity contribution is 0.482. The normalized spacial score (nSPS) is 11.7. The molecule has 132 valence electrons. The first kappa shape index (κ1) is 17.0. The van der Waals surface area contributed by atoms with Gasteiger partial charge in [0.2, 0.25) is 0 Å². The van der Waals surface area contributed by atoms with E-state index in [1.165, 1.54) is 16.7 Å². The number of para-hydroxylation sites is 1. The Morgan fingerprint density at radius 2 is 1.26 bits per heavy atom. The van der Waals surface area contributed by atoms with Crippen molar-refractivity contribution in [2.75, 3.05) is 0 Å². The summed E-state index contributed by atoms with van der Waals surface area (Å²) in [5, 5.41) is 0. The largest absolute Gasteiger partial charge is 0.457 e. The van der Waals surface area contributed by atoms with E-state index in [-0.39, 0.29) is 5.92 Å². The van der Waals surface area contributed by atoms with E-state index < -0.39 is 0 Å². The molecule has 0 aliphatic heterocycles. The average molecular weight is 351 g/mol.